The third-order valence-electron chi connectivity index (χ3n) is 4.06. The number of carboxylic acid groups (broad SMARTS) is 1. The molecule has 27 heavy (non-hydrogen) atoms. The van der Waals surface area contributed by atoms with Crippen LogP contribution >= 0.6 is 11.8 Å². The highest BCUT2D eigenvalue weighted by molar-refractivity contribution is 8.18. The van der Waals surface area contributed by atoms with E-state index >= 15 is 0 Å². The fraction of sp³-hybridized carbons (Fsp3) is 0. The number of nitrogens with zero attached hydrogens (tertiary/aromatic N) is 1. The first kappa shape index (κ1) is 17.1. The maximum atomic E-state index is 12.2. The van der Waals surface area contributed by atoms with Crippen molar-refractivity contribution in [1.29, 1.82) is 0 Å². The number of carbonyl (C=O) groups is 2. The standard InChI is InChI=1S/C21H14N2O3S/c24-19-18(10-13-6-2-1-3-7-13)27-21(23-19)22-17-12-15-9-5-4-8-14(15)11-16(17)20(25)26/h1-12H,(H,25,26)(H,22,23,24)/b18-10+. The molecule has 1 amide bonds. The van der Waals surface area contributed by atoms with Crippen molar-refractivity contribution in [3.8, 4) is 0 Å². The molecular weight excluding hydrogens is 360 g/mol. The van der Waals surface area contributed by atoms with Crippen LogP contribution in [0.2, 0.25) is 0 Å². The number of rotatable bonds is 3. The molecule has 6 heteroatoms. The summed E-state index contributed by atoms with van der Waals surface area (Å²) in [6.45, 7) is 0. The van der Waals surface area contributed by atoms with Gasteiger partial charge in [-0.15, -0.1) is 0 Å². The molecule has 1 fully saturated rings. The van der Waals surface area contributed by atoms with Gasteiger partial charge in [0.2, 0.25) is 0 Å². The van der Waals surface area contributed by atoms with Crippen LogP contribution < -0.4 is 5.32 Å². The summed E-state index contributed by atoms with van der Waals surface area (Å²) in [7, 11) is 0. The molecule has 3 aromatic carbocycles. The number of aliphatic imine (C=N–C) groups is 1. The van der Waals surface area contributed by atoms with Gasteiger partial charge in [-0.2, -0.15) is 0 Å². The summed E-state index contributed by atoms with van der Waals surface area (Å²) in [5, 5.41) is 14.3. The minimum Gasteiger partial charge on any atom is -0.478 e. The number of benzene rings is 3. The Balaban J connectivity index is 1.72. The molecule has 0 saturated carbocycles. The number of fused-ring (bicyclic) bond motifs is 1. The lowest BCUT2D eigenvalue weighted by molar-refractivity contribution is -0.115. The van der Waals surface area contributed by atoms with Gasteiger partial charge in [0.25, 0.3) is 5.91 Å². The average molecular weight is 374 g/mol. The van der Waals surface area contributed by atoms with E-state index in [1.165, 1.54) is 11.8 Å². The Morgan fingerprint density at radius 3 is 2.37 bits per heavy atom. The molecule has 0 unspecified atom stereocenters. The maximum Gasteiger partial charge on any atom is 0.337 e. The molecule has 1 heterocycles. The summed E-state index contributed by atoms with van der Waals surface area (Å²) in [6.07, 6.45) is 1.78. The molecule has 132 valence electrons. The van der Waals surface area contributed by atoms with Gasteiger partial charge in [0.1, 0.15) is 0 Å². The first-order chi connectivity index (χ1) is 13.1. The van der Waals surface area contributed by atoms with Crippen LogP contribution in [0.5, 0.6) is 0 Å². The number of thioether (sulfide) groups is 1. The predicted molar refractivity (Wildman–Crippen MR) is 108 cm³/mol. The van der Waals surface area contributed by atoms with Crippen molar-refractivity contribution in [3.63, 3.8) is 0 Å². The highest BCUT2D eigenvalue weighted by Crippen LogP contribution is 2.31. The second-order valence-electron chi connectivity index (χ2n) is 5.91. The highest BCUT2D eigenvalue weighted by Gasteiger charge is 2.24. The van der Waals surface area contributed by atoms with E-state index in [1.54, 1.807) is 18.2 Å². The van der Waals surface area contributed by atoms with E-state index in [4.69, 9.17) is 0 Å². The van der Waals surface area contributed by atoms with Crippen LogP contribution in [0.1, 0.15) is 15.9 Å². The molecule has 1 aliphatic heterocycles. The smallest absolute Gasteiger partial charge is 0.337 e. The van der Waals surface area contributed by atoms with Gasteiger partial charge in [0.15, 0.2) is 5.17 Å². The van der Waals surface area contributed by atoms with Crippen LogP contribution in [0.25, 0.3) is 16.8 Å². The monoisotopic (exact) mass is 374 g/mol. The quantitative estimate of drug-likeness (QED) is 0.665. The zero-order valence-electron chi connectivity index (χ0n) is 14.0. The topological polar surface area (TPSA) is 78.8 Å². The van der Waals surface area contributed by atoms with E-state index in [-0.39, 0.29) is 11.5 Å². The van der Waals surface area contributed by atoms with E-state index in [1.807, 2.05) is 54.6 Å². The summed E-state index contributed by atoms with van der Waals surface area (Å²) in [4.78, 5) is 28.8. The van der Waals surface area contributed by atoms with Gasteiger partial charge in [-0.3, -0.25) is 4.79 Å². The normalized spacial score (nSPS) is 16.8. The number of amides is 1. The Labute approximate surface area is 159 Å². The number of carboxylic acids is 1. The molecule has 2 N–H and O–H groups in total. The van der Waals surface area contributed by atoms with Crippen LogP contribution in [0.15, 0.2) is 76.6 Å². The Kier molecular flexibility index (Phi) is 4.48. The van der Waals surface area contributed by atoms with E-state index in [0.29, 0.717) is 15.8 Å². The van der Waals surface area contributed by atoms with Gasteiger partial charge in [-0.1, -0.05) is 54.6 Å². The second kappa shape index (κ2) is 7.09. The van der Waals surface area contributed by atoms with Crippen LogP contribution in [-0.2, 0) is 4.79 Å². The summed E-state index contributed by atoms with van der Waals surface area (Å²) < 4.78 is 0. The highest BCUT2D eigenvalue weighted by atomic mass is 32.2. The molecule has 5 nitrogen and oxygen atoms in total. The summed E-state index contributed by atoms with van der Waals surface area (Å²) in [5.74, 6) is -1.31. The van der Waals surface area contributed by atoms with Crippen molar-refractivity contribution in [2.75, 3.05) is 0 Å². The van der Waals surface area contributed by atoms with E-state index < -0.39 is 5.97 Å². The molecule has 0 aliphatic carbocycles. The SMILES string of the molecule is O=C1NC(=Nc2cc3ccccc3cc2C(=O)O)S/C1=C/c1ccccc1. The number of hydrogen-bond acceptors (Lipinski definition) is 4. The lowest BCUT2D eigenvalue weighted by Crippen LogP contribution is -2.19. The number of hydrogen-bond donors (Lipinski definition) is 2. The van der Waals surface area contributed by atoms with E-state index in [0.717, 1.165) is 16.3 Å². The number of amidine groups is 1. The lowest BCUT2D eigenvalue weighted by Gasteiger charge is -2.05. The molecule has 1 aliphatic rings. The van der Waals surface area contributed by atoms with Gasteiger partial charge >= 0.3 is 5.97 Å². The number of aromatic carboxylic acids is 1. The van der Waals surface area contributed by atoms with Gasteiger partial charge in [0.05, 0.1) is 16.2 Å². The Morgan fingerprint density at radius 1 is 1.00 bits per heavy atom. The third-order valence-corrected chi connectivity index (χ3v) is 4.97. The van der Waals surface area contributed by atoms with E-state index in [2.05, 4.69) is 10.3 Å². The van der Waals surface area contributed by atoms with Gasteiger partial charge in [-0.05, 0) is 46.3 Å². The summed E-state index contributed by atoms with van der Waals surface area (Å²) in [6, 6.07) is 20.3. The third kappa shape index (κ3) is 3.61. The molecule has 1 saturated heterocycles. The number of nitrogens with one attached hydrogen (secondary N) is 1. The largest absolute Gasteiger partial charge is 0.478 e. The van der Waals surface area contributed by atoms with Crippen molar-refractivity contribution in [1.82, 2.24) is 5.32 Å². The molecule has 0 aromatic heterocycles. The molecule has 0 spiro atoms. The van der Waals surface area contributed by atoms with Gasteiger partial charge in [0, 0.05) is 0 Å². The second-order valence-corrected chi connectivity index (χ2v) is 6.94. The lowest BCUT2D eigenvalue weighted by atomic mass is 10.1. The fourth-order valence-corrected chi connectivity index (χ4v) is 3.62. The number of carbonyl (C=O) groups excluding carboxylic acids is 1. The minimum absolute atomic E-state index is 0.0940. The molecule has 0 radical (unpaired) electrons. The van der Waals surface area contributed by atoms with Crippen molar-refractivity contribution in [2.45, 2.75) is 0 Å². The minimum atomic E-state index is -1.06. The van der Waals surface area contributed by atoms with Crippen LogP contribution in [0.3, 0.4) is 0 Å². The van der Waals surface area contributed by atoms with Crippen LogP contribution in [0, 0.1) is 0 Å². The first-order valence-corrected chi connectivity index (χ1v) is 9.02. The van der Waals surface area contributed by atoms with Crippen molar-refractivity contribution >= 4 is 51.3 Å². The van der Waals surface area contributed by atoms with Crippen molar-refractivity contribution in [2.24, 2.45) is 4.99 Å². The molecular formula is C21H14N2O3S. The molecule has 0 bridgehead atoms. The Bertz CT molecular complexity index is 1120. The van der Waals surface area contributed by atoms with Gasteiger partial charge in [-0.25, -0.2) is 9.79 Å². The van der Waals surface area contributed by atoms with Crippen LogP contribution in [0.4, 0.5) is 5.69 Å². The summed E-state index contributed by atoms with van der Waals surface area (Å²) in [5.41, 5.74) is 1.31. The Hall–Kier alpha value is -3.38. The van der Waals surface area contributed by atoms with E-state index in [9.17, 15) is 14.7 Å². The average Bonchev–Trinajstić information content (AvgIpc) is 3.00. The fourth-order valence-electron chi connectivity index (χ4n) is 2.78. The maximum absolute atomic E-state index is 12.2. The van der Waals surface area contributed by atoms with Crippen molar-refractivity contribution in [3.05, 3.63) is 82.8 Å². The predicted octanol–water partition coefficient (Wildman–Crippen LogP) is 4.43. The van der Waals surface area contributed by atoms with Gasteiger partial charge < -0.3 is 10.4 Å². The Morgan fingerprint density at radius 2 is 1.67 bits per heavy atom. The van der Waals surface area contributed by atoms with Crippen molar-refractivity contribution < 1.29 is 14.7 Å². The molecule has 0 atom stereocenters. The zero-order chi connectivity index (χ0) is 18.8. The molecule has 3 aromatic rings. The first-order valence-electron chi connectivity index (χ1n) is 8.21. The molecule has 4 rings (SSSR count). The zero-order valence-corrected chi connectivity index (χ0v) is 14.9. The summed E-state index contributed by atoms with van der Waals surface area (Å²) >= 11 is 1.19. The van der Waals surface area contributed by atoms with Crippen LogP contribution in [-0.4, -0.2) is 22.2 Å².